The van der Waals surface area contributed by atoms with Gasteiger partial charge in [0.1, 0.15) is 5.00 Å². The Hall–Kier alpha value is -1.13. The molecule has 0 spiro atoms. The summed E-state index contributed by atoms with van der Waals surface area (Å²) >= 11 is 1.52. The number of aliphatic hydroxyl groups is 1. The smallest absolute Gasteiger partial charge is 0.119 e. The summed E-state index contributed by atoms with van der Waals surface area (Å²) in [5, 5.41) is 12.8. The first-order valence-corrected chi connectivity index (χ1v) is 7.23. The maximum absolute atomic E-state index is 10.5. The zero-order valence-electron chi connectivity index (χ0n) is 10.6. The lowest BCUT2D eigenvalue weighted by Gasteiger charge is -2.29. The molecule has 0 atom stereocenters. The highest BCUT2D eigenvalue weighted by molar-refractivity contribution is 7.11. The number of nitrogens with zero attached hydrogens (tertiary/aromatic N) is 2. The Morgan fingerprint density at radius 3 is 2.83 bits per heavy atom. The van der Waals surface area contributed by atoms with Crippen molar-refractivity contribution >= 4 is 27.4 Å². The van der Waals surface area contributed by atoms with E-state index in [-0.39, 0.29) is 0 Å². The van der Waals surface area contributed by atoms with Gasteiger partial charge in [-0.15, -0.1) is 0 Å². The third-order valence-electron chi connectivity index (χ3n) is 3.78. The standard InChI is InChI=1S/C14H18N2OS/c1-16(10-14(17)8-4-5-9-14)13-11-6-2-3-7-12(11)15-18-13/h2-3,6-7,17H,4-5,8-10H2,1H3. The number of benzene rings is 1. The Balaban J connectivity index is 1.85. The summed E-state index contributed by atoms with van der Waals surface area (Å²) in [4.78, 5) is 2.16. The lowest BCUT2D eigenvalue weighted by molar-refractivity contribution is 0.0561. The third kappa shape index (κ3) is 2.10. The Kier molecular flexibility index (Phi) is 2.99. The van der Waals surface area contributed by atoms with Crippen molar-refractivity contribution in [3.63, 3.8) is 0 Å². The van der Waals surface area contributed by atoms with E-state index >= 15 is 0 Å². The van der Waals surface area contributed by atoms with Gasteiger partial charge in [0.05, 0.1) is 11.1 Å². The first-order chi connectivity index (χ1) is 8.68. The van der Waals surface area contributed by atoms with Crippen LogP contribution in [-0.2, 0) is 0 Å². The van der Waals surface area contributed by atoms with Crippen LogP contribution < -0.4 is 4.90 Å². The van der Waals surface area contributed by atoms with Crippen LogP contribution in [0.1, 0.15) is 25.7 Å². The summed E-state index contributed by atoms with van der Waals surface area (Å²) in [5.41, 5.74) is 0.544. The molecule has 3 nitrogen and oxygen atoms in total. The number of fused-ring (bicyclic) bond motifs is 1. The van der Waals surface area contributed by atoms with Crippen molar-refractivity contribution in [1.82, 2.24) is 4.37 Å². The van der Waals surface area contributed by atoms with Crippen LogP contribution in [0, 0.1) is 0 Å². The summed E-state index contributed by atoms with van der Waals surface area (Å²) in [7, 11) is 2.05. The molecule has 1 aliphatic rings. The van der Waals surface area contributed by atoms with E-state index in [1.165, 1.54) is 16.9 Å². The monoisotopic (exact) mass is 262 g/mol. The van der Waals surface area contributed by atoms with Crippen LogP contribution in [0.15, 0.2) is 24.3 Å². The fourth-order valence-electron chi connectivity index (χ4n) is 2.86. The molecule has 1 aromatic heterocycles. The zero-order chi connectivity index (χ0) is 12.6. The molecule has 0 aliphatic heterocycles. The van der Waals surface area contributed by atoms with Crippen LogP contribution in [0.4, 0.5) is 5.00 Å². The molecule has 0 amide bonds. The molecule has 0 radical (unpaired) electrons. The molecular weight excluding hydrogens is 244 g/mol. The molecule has 96 valence electrons. The minimum atomic E-state index is -0.500. The highest BCUT2D eigenvalue weighted by Gasteiger charge is 2.32. The molecule has 0 bridgehead atoms. The predicted molar refractivity (Wildman–Crippen MR) is 76.3 cm³/mol. The summed E-state index contributed by atoms with van der Waals surface area (Å²) < 4.78 is 4.46. The summed E-state index contributed by atoms with van der Waals surface area (Å²) in [5.74, 6) is 0. The molecule has 3 rings (SSSR count). The highest BCUT2D eigenvalue weighted by atomic mass is 32.1. The van der Waals surface area contributed by atoms with Crippen molar-refractivity contribution in [3.05, 3.63) is 24.3 Å². The van der Waals surface area contributed by atoms with Gasteiger partial charge in [-0.05, 0) is 36.5 Å². The van der Waals surface area contributed by atoms with Crippen LogP contribution in [0.3, 0.4) is 0 Å². The first-order valence-electron chi connectivity index (χ1n) is 6.46. The minimum Gasteiger partial charge on any atom is -0.388 e. The van der Waals surface area contributed by atoms with Gasteiger partial charge in [0.15, 0.2) is 0 Å². The van der Waals surface area contributed by atoms with E-state index in [0.717, 1.165) is 36.2 Å². The molecule has 1 aromatic carbocycles. The van der Waals surface area contributed by atoms with Gasteiger partial charge in [-0.1, -0.05) is 25.0 Å². The molecule has 1 saturated carbocycles. The van der Waals surface area contributed by atoms with Crippen LogP contribution in [0.2, 0.25) is 0 Å². The van der Waals surface area contributed by atoms with E-state index in [9.17, 15) is 5.11 Å². The van der Waals surface area contributed by atoms with Crippen LogP contribution >= 0.6 is 11.5 Å². The van der Waals surface area contributed by atoms with Crippen molar-refractivity contribution in [2.24, 2.45) is 0 Å². The number of rotatable bonds is 3. The van der Waals surface area contributed by atoms with Crippen LogP contribution in [0.25, 0.3) is 10.9 Å². The number of aromatic nitrogens is 1. The van der Waals surface area contributed by atoms with E-state index < -0.39 is 5.60 Å². The van der Waals surface area contributed by atoms with Gasteiger partial charge >= 0.3 is 0 Å². The maximum Gasteiger partial charge on any atom is 0.119 e. The van der Waals surface area contributed by atoms with E-state index in [1.807, 2.05) is 18.2 Å². The molecule has 1 fully saturated rings. The largest absolute Gasteiger partial charge is 0.388 e. The van der Waals surface area contributed by atoms with E-state index in [1.54, 1.807) is 0 Å². The summed E-state index contributed by atoms with van der Waals surface area (Å²) in [6.45, 7) is 0.708. The Labute approximate surface area is 111 Å². The Morgan fingerprint density at radius 2 is 2.06 bits per heavy atom. The third-order valence-corrected chi connectivity index (χ3v) is 4.77. The number of anilines is 1. The molecule has 0 unspecified atom stereocenters. The second kappa shape index (κ2) is 4.52. The van der Waals surface area contributed by atoms with Gasteiger partial charge in [0.25, 0.3) is 0 Å². The number of hydrogen-bond acceptors (Lipinski definition) is 4. The molecular formula is C14H18N2OS. The molecule has 1 aliphatic carbocycles. The molecule has 4 heteroatoms. The van der Waals surface area contributed by atoms with Crippen LogP contribution in [0.5, 0.6) is 0 Å². The lowest BCUT2D eigenvalue weighted by Crippen LogP contribution is -2.38. The normalized spacial score (nSPS) is 18.3. The Morgan fingerprint density at radius 1 is 1.33 bits per heavy atom. The van der Waals surface area contributed by atoms with Crippen molar-refractivity contribution < 1.29 is 5.11 Å². The summed E-state index contributed by atoms with van der Waals surface area (Å²) in [6.07, 6.45) is 4.14. The van der Waals surface area contributed by atoms with Crippen molar-refractivity contribution in [2.45, 2.75) is 31.3 Å². The average molecular weight is 262 g/mol. The quantitative estimate of drug-likeness (QED) is 0.923. The van der Waals surface area contributed by atoms with E-state index in [0.29, 0.717) is 6.54 Å². The highest BCUT2D eigenvalue weighted by Crippen LogP contribution is 2.35. The van der Waals surface area contributed by atoms with Crippen molar-refractivity contribution in [1.29, 1.82) is 0 Å². The maximum atomic E-state index is 10.5. The zero-order valence-corrected chi connectivity index (χ0v) is 11.4. The minimum absolute atomic E-state index is 0.500. The van der Waals surface area contributed by atoms with Gasteiger partial charge in [0, 0.05) is 19.0 Å². The SMILES string of the molecule is CN(CC1(O)CCCC1)c1snc2ccccc12. The predicted octanol–water partition coefficient (Wildman–Crippen LogP) is 3.04. The van der Waals surface area contributed by atoms with Gasteiger partial charge in [-0.3, -0.25) is 0 Å². The second-order valence-corrected chi connectivity index (χ2v) is 6.04. The van der Waals surface area contributed by atoms with Gasteiger partial charge < -0.3 is 10.0 Å². The van der Waals surface area contributed by atoms with E-state index in [2.05, 4.69) is 22.4 Å². The van der Waals surface area contributed by atoms with Crippen molar-refractivity contribution in [3.8, 4) is 0 Å². The average Bonchev–Trinajstić information content (AvgIpc) is 2.95. The lowest BCUT2D eigenvalue weighted by atomic mass is 10.0. The molecule has 2 aromatic rings. The van der Waals surface area contributed by atoms with Crippen molar-refractivity contribution in [2.75, 3.05) is 18.5 Å². The van der Waals surface area contributed by atoms with Gasteiger partial charge in [-0.25, -0.2) is 0 Å². The first kappa shape index (κ1) is 11.9. The molecule has 18 heavy (non-hydrogen) atoms. The fraction of sp³-hybridized carbons (Fsp3) is 0.500. The number of hydrogen-bond donors (Lipinski definition) is 1. The van der Waals surface area contributed by atoms with E-state index in [4.69, 9.17) is 0 Å². The molecule has 1 heterocycles. The number of likely N-dealkylation sites (N-methyl/N-ethyl adjacent to an activating group) is 1. The second-order valence-electron chi connectivity index (χ2n) is 5.29. The topological polar surface area (TPSA) is 36.4 Å². The fourth-order valence-corrected chi connectivity index (χ4v) is 3.67. The van der Waals surface area contributed by atoms with Crippen LogP contribution in [-0.4, -0.2) is 28.7 Å². The van der Waals surface area contributed by atoms with Gasteiger partial charge in [-0.2, -0.15) is 4.37 Å². The molecule has 1 N–H and O–H groups in total. The van der Waals surface area contributed by atoms with Gasteiger partial charge in [0.2, 0.25) is 0 Å². The molecule has 0 saturated heterocycles. The Bertz CT molecular complexity index is 545. The summed E-state index contributed by atoms with van der Waals surface area (Å²) in [6, 6.07) is 8.19.